The molecule has 0 aliphatic carbocycles. The van der Waals surface area contributed by atoms with Crippen LogP contribution in [0.15, 0.2) is 30.3 Å². The van der Waals surface area contributed by atoms with E-state index in [-0.39, 0.29) is 11.9 Å². The smallest absolute Gasteiger partial charge is 0.412 e. The zero-order valence-corrected chi connectivity index (χ0v) is 16.5. The molecular weight excluding hydrogens is 340 g/mol. The lowest BCUT2D eigenvalue weighted by molar-refractivity contribution is 0.0982. The summed E-state index contributed by atoms with van der Waals surface area (Å²) in [6.45, 7) is 10.2. The Bertz CT molecular complexity index is 920. The molecule has 0 saturated carbocycles. The number of hydrogen-bond acceptors (Lipinski definition) is 2. The van der Waals surface area contributed by atoms with E-state index in [1.807, 2.05) is 65.0 Å². The monoisotopic (exact) mass is 366 g/mol. The second kappa shape index (κ2) is 7.06. The first-order valence-corrected chi connectivity index (χ1v) is 9.27. The van der Waals surface area contributed by atoms with E-state index in [2.05, 4.69) is 0 Å². The minimum Gasteiger partial charge on any atom is -0.465 e. The molecule has 2 amide bonds. The van der Waals surface area contributed by atoms with E-state index in [4.69, 9.17) is 0 Å². The number of amides is 2. The van der Waals surface area contributed by atoms with E-state index < -0.39 is 6.09 Å². The molecule has 1 unspecified atom stereocenters. The topological polar surface area (TPSA) is 60.9 Å². The fourth-order valence-electron chi connectivity index (χ4n) is 3.58. The van der Waals surface area contributed by atoms with Crippen LogP contribution in [0.1, 0.15) is 46.0 Å². The Hall–Kier alpha value is -2.82. The fourth-order valence-corrected chi connectivity index (χ4v) is 3.58. The van der Waals surface area contributed by atoms with Crippen molar-refractivity contribution in [2.24, 2.45) is 0 Å². The molecule has 1 heterocycles. The van der Waals surface area contributed by atoms with Gasteiger partial charge in [-0.15, -0.1) is 0 Å². The lowest BCUT2D eigenvalue weighted by atomic mass is 9.99. The summed E-state index contributed by atoms with van der Waals surface area (Å²) in [6.07, 6.45) is -0.348. The molecule has 3 rings (SSSR count). The number of aryl methyl sites for hydroxylation is 4. The van der Waals surface area contributed by atoms with Crippen LogP contribution in [-0.2, 0) is 0 Å². The Morgan fingerprint density at radius 3 is 2.11 bits per heavy atom. The lowest BCUT2D eigenvalue weighted by Gasteiger charge is -2.41. The number of hydrogen-bond donors (Lipinski definition) is 1. The summed E-state index contributed by atoms with van der Waals surface area (Å²) >= 11 is 0. The van der Waals surface area contributed by atoms with Crippen LogP contribution < -0.4 is 9.80 Å². The third-order valence-corrected chi connectivity index (χ3v) is 5.58. The van der Waals surface area contributed by atoms with Crippen molar-refractivity contribution in [3.63, 3.8) is 0 Å². The first-order chi connectivity index (χ1) is 12.7. The van der Waals surface area contributed by atoms with Gasteiger partial charge in [0.05, 0.1) is 17.4 Å². The summed E-state index contributed by atoms with van der Waals surface area (Å²) in [5.74, 6) is -0.0916. The molecule has 0 saturated heterocycles. The highest BCUT2D eigenvalue weighted by atomic mass is 16.4. The number of anilines is 2. The summed E-state index contributed by atoms with van der Waals surface area (Å²) in [7, 11) is 0. The van der Waals surface area contributed by atoms with Crippen molar-refractivity contribution in [2.45, 2.75) is 47.1 Å². The van der Waals surface area contributed by atoms with Crippen molar-refractivity contribution in [1.82, 2.24) is 0 Å². The number of benzene rings is 2. The Morgan fingerprint density at radius 2 is 1.56 bits per heavy atom. The van der Waals surface area contributed by atoms with E-state index in [1.54, 1.807) is 4.90 Å². The standard InChI is InChI=1S/C22H26N2O3/c1-6-18-12-23(21(25)17-8-7-13(2)14(3)9-17)19-10-15(4)16(5)11-20(19)24(18)22(26)27/h7-11,18H,6,12H2,1-5H3,(H,26,27). The maximum Gasteiger partial charge on any atom is 0.412 e. The van der Waals surface area contributed by atoms with Gasteiger partial charge in [0.25, 0.3) is 5.91 Å². The third-order valence-electron chi connectivity index (χ3n) is 5.58. The molecule has 0 radical (unpaired) electrons. The molecule has 0 spiro atoms. The van der Waals surface area contributed by atoms with Gasteiger partial charge in [-0.2, -0.15) is 0 Å². The van der Waals surface area contributed by atoms with Crippen LogP contribution in [0.4, 0.5) is 16.2 Å². The van der Waals surface area contributed by atoms with Crippen LogP contribution in [-0.4, -0.2) is 29.7 Å². The largest absolute Gasteiger partial charge is 0.465 e. The summed E-state index contributed by atoms with van der Waals surface area (Å²) in [6, 6.07) is 9.23. The SMILES string of the molecule is CCC1CN(C(=O)c2ccc(C)c(C)c2)c2cc(C)c(C)cc2N1C(=O)O. The third kappa shape index (κ3) is 3.29. The lowest BCUT2D eigenvalue weighted by Crippen LogP contribution is -2.52. The van der Waals surface area contributed by atoms with Gasteiger partial charge >= 0.3 is 6.09 Å². The Morgan fingerprint density at radius 1 is 0.963 bits per heavy atom. The van der Waals surface area contributed by atoms with Gasteiger partial charge in [0.15, 0.2) is 0 Å². The van der Waals surface area contributed by atoms with Crippen LogP contribution in [0.3, 0.4) is 0 Å². The number of carboxylic acid groups (broad SMARTS) is 1. The number of carbonyl (C=O) groups is 2. The van der Waals surface area contributed by atoms with Gasteiger partial charge in [-0.3, -0.25) is 9.69 Å². The molecule has 27 heavy (non-hydrogen) atoms. The normalized spacial score (nSPS) is 16.3. The second-order valence-corrected chi connectivity index (χ2v) is 7.35. The molecule has 0 bridgehead atoms. The fraction of sp³-hybridized carbons (Fsp3) is 0.364. The van der Waals surface area contributed by atoms with Gasteiger partial charge in [0.2, 0.25) is 0 Å². The van der Waals surface area contributed by atoms with Crippen molar-refractivity contribution in [2.75, 3.05) is 16.3 Å². The minimum atomic E-state index is -0.982. The van der Waals surface area contributed by atoms with Crippen molar-refractivity contribution in [3.8, 4) is 0 Å². The minimum absolute atomic E-state index is 0.0916. The predicted octanol–water partition coefficient (Wildman–Crippen LogP) is 4.84. The molecule has 142 valence electrons. The van der Waals surface area contributed by atoms with Crippen molar-refractivity contribution < 1.29 is 14.7 Å². The summed E-state index contributed by atoms with van der Waals surface area (Å²) in [4.78, 5) is 28.4. The van der Waals surface area contributed by atoms with Crippen LogP contribution in [0.5, 0.6) is 0 Å². The van der Waals surface area contributed by atoms with Gasteiger partial charge in [-0.05, 0) is 80.6 Å². The van der Waals surface area contributed by atoms with Crippen LogP contribution in [0.2, 0.25) is 0 Å². The highest BCUT2D eigenvalue weighted by Gasteiger charge is 2.37. The molecule has 2 aromatic carbocycles. The van der Waals surface area contributed by atoms with Crippen molar-refractivity contribution >= 4 is 23.4 Å². The van der Waals surface area contributed by atoms with Gasteiger partial charge in [0.1, 0.15) is 0 Å². The first kappa shape index (κ1) is 19.0. The number of nitrogens with zero attached hydrogens (tertiary/aromatic N) is 2. The highest BCUT2D eigenvalue weighted by Crippen LogP contribution is 2.39. The second-order valence-electron chi connectivity index (χ2n) is 7.35. The van der Waals surface area contributed by atoms with E-state index in [0.29, 0.717) is 29.9 Å². The predicted molar refractivity (Wildman–Crippen MR) is 108 cm³/mol. The van der Waals surface area contributed by atoms with E-state index in [9.17, 15) is 14.7 Å². The maximum absolute atomic E-state index is 13.3. The van der Waals surface area contributed by atoms with Gasteiger partial charge in [-0.1, -0.05) is 13.0 Å². The summed E-state index contributed by atoms with van der Waals surface area (Å²) in [5.41, 5.74) is 6.12. The molecule has 5 nitrogen and oxygen atoms in total. The number of rotatable bonds is 2. The average molecular weight is 366 g/mol. The molecule has 0 fully saturated rings. The molecule has 1 atom stereocenters. The van der Waals surface area contributed by atoms with Gasteiger partial charge in [-0.25, -0.2) is 4.79 Å². The Kier molecular flexibility index (Phi) is 4.96. The van der Waals surface area contributed by atoms with Gasteiger partial charge in [0, 0.05) is 12.1 Å². The maximum atomic E-state index is 13.3. The first-order valence-electron chi connectivity index (χ1n) is 9.27. The molecule has 2 aromatic rings. The molecule has 1 aliphatic heterocycles. The van der Waals surface area contributed by atoms with Crippen LogP contribution in [0, 0.1) is 27.7 Å². The molecular formula is C22H26N2O3. The summed E-state index contributed by atoms with van der Waals surface area (Å²) in [5, 5.41) is 9.78. The van der Waals surface area contributed by atoms with E-state index in [1.165, 1.54) is 4.90 Å². The Labute approximate surface area is 160 Å². The molecule has 5 heteroatoms. The molecule has 0 aromatic heterocycles. The summed E-state index contributed by atoms with van der Waals surface area (Å²) < 4.78 is 0. The van der Waals surface area contributed by atoms with Crippen molar-refractivity contribution in [3.05, 3.63) is 58.1 Å². The van der Waals surface area contributed by atoms with Crippen LogP contribution in [0.25, 0.3) is 0 Å². The molecule has 1 N–H and O–H groups in total. The number of fused-ring (bicyclic) bond motifs is 1. The zero-order valence-electron chi connectivity index (χ0n) is 16.5. The van der Waals surface area contributed by atoms with E-state index >= 15 is 0 Å². The zero-order chi connectivity index (χ0) is 19.9. The molecule has 1 aliphatic rings. The Balaban J connectivity index is 2.14. The average Bonchev–Trinajstić information content (AvgIpc) is 2.63. The van der Waals surface area contributed by atoms with Crippen LogP contribution >= 0.6 is 0 Å². The number of carbonyl (C=O) groups excluding carboxylic acids is 1. The highest BCUT2D eigenvalue weighted by molar-refractivity contribution is 6.10. The van der Waals surface area contributed by atoms with Crippen molar-refractivity contribution in [1.29, 1.82) is 0 Å². The van der Waals surface area contributed by atoms with E-state index in [0.717, 1.165) is 22.3 Å². The quantitative estimate of drug-likeness (QED) is 0.827. The van der Waals surface area contributed by atoms with Gasteiger partial charge < -0.3 is 10.0 Å².